The van der Waals surface area contributed by atoms with Crippen LogP contribution in [-0.2, 0) is 11.0 Å². The molecular weight excluding hydrogens is 273 g/mol. The van der Waals surface area contributed by atoms with E-state index in [1.165, 1.54) is 0 Å². The van der Waals surface area contributed by atoms with Gasteiger partial charge in [0, 0.05) is 0 Å². The van der Waals surface area contributed by atoms with Gasteiger partial charge in [-0.15, -0.1) is 0 Å². The number of carboxylic acids is 1. The molecule has 0 fully saturated rings. The van der Waals surface area contributed by atoms with E-state index in [9.17, 15) is 33.0 Å². The SMILES string of the molecule is O=C(O)CC(O)C(O)c1c(C(F)(F)F)nc[nH]c1=O. The molecule has 2 atom stereocenters. The third-order valence-electron chi connectivity index (χ3n) is 2.20. The fraction of sp³-hybridized carbons (Fsp3) is 0.444. The van der Waals surface area contributed by atoms with Crippen molar-refractivity contribution in [2.75, 3.05) is 0 Å². The van der Waals surface area contributed by atoms with Gasteiger partial charge in [-0.05, 0) is 0 Å². The second-order valence-electron chi connectivity index (χ2n) is 3.60. The lowest BCUT2D eigenvalue weighted by Gasteiger charge is -2.18. The fourth-order valence-corrected chi connectivity index (χ4v) is 1.39. The highest BCUT2D eigenvalue weighted by atomic mass is 19.4. The van der Waals surface area contributed by atoms with Crippen LogP contribution in [0.2, 0.25) is 0 Å². The summed E-state index contributed by atoms with van der Waals surface area (Å²) >= 11 is 0. The van der Waals surface area contributed by atoms with E-state index in [4.69, 9.17) is 5.11 Å². The zero-order valence-electron chi connectivity index (χ0n) is 9.18. The van der Waals surface area contributed by atoms with Gasteiger partial charge in [0.1, 0.15) is 6.10 Å². The van der Waals surface area contributed by atoms with Gasteiger partial charge in [-0.2, -0.15) is 13.2 Å². The maximum atomic E-state index is 12.6. The van der Waals surface area contributed by atoms with Crippen molar-refractivity contribution in [2.24, 2.45) is 0 Å². The number of aromatic nitrogens is 2. The Morgan fingerprint density at radius 1 is 1.42 bits per heavy atom. The number of nitrogens with one attached hydrogen (secondary N) is 1. The third-order valence-corrected chi connectivity index (χ3v) is 2.20. The Labute approximate surface area is 103 Å². The maximum Gasteiger partial charge on any atom is 0.433 e. The molecule has 1 aromatic rings. The van der Waals surface area contributed by atoms with Gasteiger partial charge in [0.05, 0.1) is 24.4 Å². The number of halogens is 3. The number of aromatic amines is 1. The van der Waals surface area contributed by atoms with Gasteiger partial charge in [0.2, 0.25) is 0 Å². The van der Waals surface area contributed by atoms with Crippen molar-refractivity contribution in [3.05, 3.63) is 27.9 Å². The first-order valence-electron chi connectivity index (χ1n) is 4.87. The molecule has 2 unspecified atom stereocenters. The molecule has 106 valence electrons. The number of alkyl halides is 3. The van der Waals surface area contributed by atoms with Crippen molar-refractivity contribution >= 4 is 5.97 Å². The first-order chi connectivity index (χ1) is 8.64. The van der Waals surface area contributed by atoms with Crippen LogP contribution in [0.3, 0.4) is 0 Å². The molecule has 7 nitrogen and oxygen atoms in total. The van der Waals surface area contributed by atoms with Crippen LogP contribution in [0.5, 0.6) is 0 Å². The van der Waals surface area contributed by atoms with Gasteiger partial charge >= 0.3 is 12.1 Å². The molecule has 1 aromatic heterocycles. The lowest BCUT2D eigenvalue weighted by molar-refractivity contribution is -0.145. The van der Waals surface area contributed by atoms with Crippen LogP contribution in [0.25, 0.3) is 0 Å². The molecule has 0 radical (unpaired) electrons. The summed E-state index contributed by atoms with van der Waals surface area (Å²) < 4.78 is 37.8. The van der Waals surface area contributed by atoms with Gasteiger partial charge in [-0.25, -0.2) is 4.98 Å². The van der Waals surface area contributed by atoms with Crippen LogP contribution >= 0.6 is 0 Å². The minimum Gasteiger partial charge on any atom is -0.481 e. The molecule has 1 heterocycles. The standard InChI is InChI=1S/C9H9F3N2O5/c10-9(11,12)7-5(8(19)14-2-13-7)6(18)3(15)1-4(16)17/h2-3,6,15,18H,1H2,(H,16,17)(H,13,14,19). The first kappa shape index (κ1) is 15.1. The molecule has 4 N–H and O–H groups in total. The number of aliphatic hydroxyl groups is 2. The van der Waals surface area contributed by atoms with E-state index >= 15 is 0 Å². The van der Waals surface area contributed by atoms with Crippen LogP contribution in [-0.4, -0.2) is 37.4 Å². The summed E-state index contributed by atoms with van der Waals surface area (Å²) in [5.41, 5.74) is -4.20. The molecule has 0 aliphatic carbocycles. The van der Waals surface area contributed by atoms with Crippen LogP contribution in [0.4, 0.5) is 13.2 Å². The smallest absolute Gasteiger partial charge is 0.433 e. The van der Waals surface area contributed by atoms with Gasteiger partial charge in [-0.1, -0.05) is 0 Å². The number of aliphatic hydroxyl groups excluding tert-OH is 2. The maximum absolute atomic E-state index is 12.6. The van der Waals surface area contributed by atoms with Crippen molar-refractivity contribution in [1.82, 2.24) is 9.97 Å². The Hall–Kier alpha value is -1.94. The number of H-pyrrole nitrogens is 1. The second kappa shape index (κ2) is 5.36. The molecule has 10 heteroatoms. The third kappa shape index (κ3) is 3.51. The first-order valence-corrected chi connectivity index (χ1v) is 4.87. The molecule has 0 aliphatic rings. The minimum absolute atomic E-state index is 0.491. The molecule has 0 amide bonds. The summed E-state index contributed by atoms with van der Waals surface area (Å²) in [6, 6.07) is 0. The summed E-state index contributed by atoms with van der Waals surface area (Å²) in [4.78, 5) is 26.3. The highest BCUT2D eigenvalue weighted by Gasteiger charge is 2.40. The van der Waals surface area contributed by atoms with E-state index in [1.807, 2.05) is 4.98 Å². The van der Waals surface area contributed by atoms with E-state index < -0.39 is 47.6 Å². The molecule has 0 bridgehead atoms. The average molecular weight is 282 g/mol. The van der Waals surface area contributed by atoms with Crippen LogP contribution in [0.1, 0.15) is 23.8 Å². The molecule has 0 saturated heterocycles. The van der Waals surface area contributed by atoms with Gasteiger partial charge in [0.25, 0.3) is 5.56 Å². The Bertz CT molecular complexity index is 527. The minimum atomic E-state index is -5.02. The second-order valence-corrected chi connectivity index (χ2v) is 3.60. The molecule has 0 saturated carbocycles. The Morgan fingerprint density at radius 2 is 2.00 bits per heavy atom. The molecular formula is C9H9F3N2O5. The van der Waals surface area contributed by atoms with Gasteiger partial charge in [-0.3, -0.25) is 9.59 Å². The summed E-state index contributed by atoms with van der Waals surface area (Å²) in [5, 5.41) is 27.2. The summed E-state index contributed by atoms with van der Waals surface area (Å²) in [6.07, 6.45) is -9.93. The Morgan fingerprint density at radius 3 is 2.47 bits per heavy atom. The van der Waals surface area contributed by atoms with Crippen molar-refractivity contribution in [3.63, 3.8) is 0 Å². The van der Waals surface area contributed by atoms with Gasteiger partial charge < -0.3 is 20.3 Å². The van der Waals surface area contributed by atoms with Crippen molar-refractivity contribution in [1.29, 1.82) is 0 Å². The van der Waals surface area contributed by atoms with Gasteiger partial charge in [0.15, 0.2) is 5.69 Å². The van der Waals surface area contributed by atoms with E-state index in [0.717, 1.165) is 0 Å². The number of carbonyl (C=O) groups is 1. The quantitative estimate of drug-likeness (QED) is 0.599. The van der Waals surface area contributed by atoms with Crippen molar-refractivity contribution in [3.8, 4) is 0 Å². The van der Waals surface area contributed by atoms with Crippen LogP contribution < -0.4 is 5.56 Å². The number of aliphatic carboxylic acids is 1. The van der Waals surface area contributed by atoms with E-state index in [1.54, 1.807) is 0 Å². The highest BCUT2D eigenvalue weighted by Crippen LogP contribution is 2.32. The average Bonchev–Trinajstić information content (AvgIpc) is 2.25. The zero-order valence-corrected chi connectivity index (χ0v) is 9.18. The van der Waals surface area contributed by atoms with E-state index in [-0.39, 0.29) is 0 Å². The zero-order chi connectivity index (χ0) is 14.8. The number of hydrogen-bond donors (Lipinski definition) is 4. The largest absolute Gasteiger partial charge is 0.481 e. The molecule has 0 aliphatic heterocycles. The lowest BCUT2D eigenvalue weighted by Crippen LogP contribution is -2.31. The topological polar surface area (TPSA) is 124 Å². The summed E-state index contributed by atoms with van der Waals surface area (Å²) in [6.45, 7) is 0. The predicted octanol–water partition coefficient (Wildman–Crippen LogP) is -0.342. The monoisotopic (exact) mass is 282 g/mol. The number of nitrogens with zero attached hydrogens (tertiary/aromatic N) is 1. The molecule has 1 rings (SSSR count). The Balaban J connectivity index is 3.26. The molecule has 0 aromatic carbocycles. The van der Waals surface area contributed by atoms with E-state index in [0.29, 0.717) is 6.33 Å². The summed E-state index contributed by atoms with van der Waals surface area (Å²) in [5.74, 6) is -1.54. The summed E-state index contributed by atoms with van der Waals surface area (Å²) in [7, 11) is 0. The van der Waals surface area contributed by atoms with Crippen molar-refractivity contribution < 1.29 is 33.3 Å². The highest BCUT2D eigenvalue weighted by molar-refractivity contribution is 5.67. The van der Waals surface area contributed by atoms with E-state index in [2.05, 4.69) is 4.98 Å². The fourth-order valence-electron chi connectivity index (χ4n) is 1.39. The Kier molecular flexibility index (Phi) is 4.27. The van der Waals surface area contributed by atoms with Crippen LogP contribution in [0, 0.1) is 0 Å². The van der Waals surface area contributed by atoms with Crippen molar-refractivity contribution in [2.45, 2.75) is 24.8 Å². The number of rotatable bonds is 4. The normalized spacial score (nSPS) is 15.0. The lowest BCUT2D eigenvalue weighted by atomic mass is 10.0. The number of hydrogen-bond acceptors (Lipinski definition) is 5. The molecule has 19 heavy (non-hydrogen) atoms. The van der Waals surface area contributed by atoms with Crippen LogP contribution in [0.15, 0.2) is 11.1 Å². The predicted molar refractivity (Wildman–Crippen MR) is 53.1 cm³/mol. The number of carboxylic acid groups (broad SMARTS) is 1. The molecule has 0 spiro atoms.